The summed E-state index contributed by atoms with van der Waals surface area (Å²) in [7, 11) is 2.03. The van der Waals surface area contributed by atoms with Gasteiger partial charge in [-0.1, -0.05) is 71.0 Å². The number of rotatable bonds is 5. The average Bonchev–Trinajstić information content (AvgIpc) is 3.11. The third-order valence-corrected chi connectivity index (χ3v) is 6.12. The van der Waals surface area contributed by atoms with E-state index in [1.807, 2.05) is 13.2 Å². The summed E-state index contributed by atoms with van der Waals surface area (Å²) in [5.74, 6) is 1.03. The third-order valence-electron chi connectivity index (χ3n) is 6.12. The summed E-state index contributed by atoms with van der Waals surface area (Å²) in [6.45, 7) is 12.5. The molecule has 2 aromatic carbocycles. The summed E-state index contributed by atoms with van der Waals surface area (Å²) < 4.78 is 21.4. The molecule has 0 aliphatic rings. The van der Waals surface area contributed by atoms with Gasteiger partial charge in [0.15, 0.2) is 11.7 Å². The van der Waals surface area contributed by atoms with Crippen LogP contribution in [0.1, 0.15) is 71.7 Å². The second kappa shape index (κ2) is 8.30. The number of para-hydroxylation sites is 1. The van der Waals surface area contributed by atoms with E-state index in [4.69, 9.17) is 7.73 Å². The Morgan fingerprint density at radius 2 is 1.65 bits per heavy atom. The predicted octanol–water partition coefficient (Wildman–Crippen LogP) is 6.63. The molecule has 0 bridgehead atoms. The molecule has 0 unspecified atom stereocenters. The minimum atomic E-state index is -1.60. The van der Waals surface area contributed by atoms with Crippen molar-refractivity contribution < 1.29 is 7.31 Å². The van der Waals surface area contributed by atoms with Gasteiger partial charge in [-0.15, -0.1) is 0 Å². The average molecular weight is 415 g/mol. The largest absolute Gasteiger partial charge is 0.295 e. The van der Waals surface area contributed by atoms with Crippen molar-refractivity contribution in [2.24, 2.45) is 7.05 Å². The van der Waals surface area contributed by atoms with Gasteiger partial charge in [0.25, 0.3) is 0 Å². The van der Waals surface area contributed by atoms with E-state index in [0.29, 0.717) is 17.7 Å². The summed E-state index contributed by atoms with van der Waals surface area (Å²) in [6.07, 6.45) is 0.425. The van der Waals surface area contributed by atoms with Crippen molar-refractivity contribution >= 4 is 11.0 Å². The van der Waals surface area contributed by atoms with E-state index in [0.717, 1.165) is 28.0 Å². The monoisotopic (exact) mass is 414 g/mol. The summed E-state index contributed by atoms with van der Waals surface area (Å²) >= 11 is 0. The minimum absolute atomic E-state index is 0.294. The first-order chi connectivity index (χ1) is 15.5. The third kappa shape index (κ3) is 3.67. The normalized spacial score (nSPS) is 13.2. The van der Waals surface area contributed by atoms with Crippen molar-refractivity contribution in [1.82, 2.24) is 9.55 Å². The van der Waals surface area contributed by atoms with Gasteiger partial charge in [0, 0.05) is 20.7 Å². The van der Waals surface area contributed by atoms with Crippen molar-refractivity contribution in [2.75, 3.05) is 0 Å². The van der Waals surface area contributed by atoms with Crippen LogP contribution in [0.2, 0.25) is 0 Å². The zero-order valence-electron chi connectivity index (χ0n) is 21.7. The number of nitrogens with zero attached hydrogens (tertiary/aromatic N) is 3. The lowest BCUT2D eigenvalue weighted by molar-refractivity contribution is -0.659. The van der Waals surface area contributed by atoms with Crippen LogP contribution in [0, 0.1) is 6.92 Å². The molecular weight excluding hydrogens is 378 g/mol. The molecule has 3 heteroatoms. The topological polar surface area (TPSA) is 21.7 Å². The molecule has 4 rings (SSSR count). The predicted molar refractivity (Wildman–Crippen MR) is 130 cm³/mol. The smallest absolute Gasteiger partial charge is 0.214 e. The van der Waals surface area contributed by atoms with Crippen molar-refractivity contribution in [3.63, 3.8) is 0 Å². The second-order valence-corrected chi connectivity index (χ2v) is 8.97. The van der Waals surface area contributed by atoms with Crippen molar-refractivity contribution in [2.45, 2.75) is 59.8 Å². The first-order valence-corrected chi connectivity index (χ1v) is 11.1. The first-order valence-electron chi connectivity index (χ1n) is 12.1. The molecule has 3 nitrogen and oxygen atoms in total. The molecule has 0 saturated heterocycles. The van der Waals surface area contributed by atoms with Crippen LogP contribution in [-0.4, -0.2) is 9.55 Å². The molecule has 0 N–H and O–H groups in total. The Kier molecular flexibility index (Phi) is 5.03. The number of benzene rings is 2. The molecule has 0 amide bonds. The van der Waals surface area contributed by atoms with E-state index >= 15 is 0 Å². The van der Waals surface area contributed by atoms with Crippen LogP contribution in [-0.2, 0) is 13.4 Å². The van der Waals surface area contributed by atoms with Gasteiger partial charge in [0.1, 0.15) is 12.9 Å². The van der Waals surface area contributed by atoms with E-state index in [-0.39, 0.29) is 0 Å². The lowest BCUT2D eigenvalue weighted by Crippen LogP contribution is -2.30. The quantitative estimate of drug-likeness (QED) is 0.336. The molecule has 0 aliphatic carbocycles. The van der Waals surface area contributed by atoms with Gasteiger partial charge in [0.2, 0.25) is 5.69 Å². The molecule has 0 saturated carbocycles. The fraction of sp³-hybridized carbons (Fsp3) is 0.357. The lowest BCUT2D eigenvalue weighted by atomic mass is 9.92. The number of imidazole rings is 1. The van der Waals surface area contributed by atoms with Gasteiger partial charge in [-0.05, 0) is 41.5 Å². The Morgan fingerprint density at radius 3 is 2.23 bits per heavy atom. The molecule has 0 spiro atoms. The number of hydrogen-bond acceptors (Lipinski definition) is 1. The lowest BCUT2D eigenvalue weighted by Gasteiger charge is -2.22. The molecule has 4 aromatic rings. The summed E-state index contributed by atoms with van der Waals surface area (Å²) in [5.41, 5.74) is 8.65. The molecule has 0 atom stereocenters. The van der Waals surface area contributed by atoms with Gasteiger partial charge >= 0.3 is 0 Å². The van der Waals surface area contributed by atoms with Crippen LogP contribution in [0.15, 0.2) is 54.7 Å². The maximum absolute atomic E-state index is 8.63. The van der Waals surface area contributed by atoms with Gasteiger partial charge < -0.3 is 0 Å². The Labute approximate surface area is 189 Å². The minimum Gasteiger partial charge on any atom is -0.295 e. The van der Waals surface area contributed by atoms with Crippen molar-refractivity contribution in [3.8, 4) is 16.9 Å². The van der Waals surface area contributed by atoms with E-state index < -0.39 is 6.37 Å². The number of aromatic nitrogens is 3. The number of aryl methyl sites for hydroxylation is 3. The van der Waals surface area contributed by atoms with Gasteiger partial charge in [-0.2, -0.15) is 4.57 Å². The molecule has 2 aromatic heterocycles. The number of hydrogen-bond donors (Lipinski definition) is 0. The van der Waals surface area contributed by atoms with Crippen molar-refractivity contribution in [3.05, 3.63) is 77.2 Å². The van der Waals surface area contributed by atoms with Gasteiger partial charge in [-0.3, -0.25) is 4.57 Å². The molecule has 31 heavy (non-hydrogen) atoms. The van der Waals surface area contributed by atoms with E-state index in [1.54, 1.807) is 6.92 Å². The van der Waals surface area contributed by atoms with Gasteiger partial charge in [0.05, 0.1) is 11.2 Å². The van der Waals surface area contributed by atoms with Crippen LogP contribution >= 0.6 is 0 Å². The molecule has 0 fully saturated rings. The van der Waals surface area contributed by atoms with E-state index in [2.05, 4.69) is 92.3 Å². The summed E-state index contributed by atoms with van der Waals surface area (Å²) in [6, 6.07) is 17.0. The number of fused-ring (bicyclic) bond motifs is 1. The van der Waals surface area contributed by atoms with E-state index in [1.165, 1.54) is 16.7 Å². The highest BCUT2D eigenvalue weighted by atomic mass is 15.1. The van der Waals surface area contributed by atoms with Crippen LogP contribution in [0.4, 0.5) is 0 Å². The Morgan fingerprint density at radius 1 is 1.00 bits per heavy atom. The highest BCUT2D eigenvalue weighted by Crippen LogP contribution is 2.35. The highest BCUT2D eigenvalue weighted by molar-refractivity contribution is 5.81. The van der Waals surface area contributed by atoms with E-state index in [9.17, 15) is 0 Å². The summed E-state index contributed by atoms with van der Waals surface area (Å²) in [5, 5.41) is 0. The van der Waals surface area contributed by atoms with Crippen molar-refractivity contribution in [1.29, 1.82) is 0 Å². The summed E-state index contributed by atoms with van der Waals surface area (Å²) in [4.78, 5) is 4.85. The highest BCUT2D eigenvalue weighted by Gasteiger charge is 2.23. The zero-order valence-corrected chi connectivity index (χ0v) is 19.7. The Bertz CT molecular complexity index is 1300. The maximum Gasteiger partial charge on any atom is 0.214 e. The molecular formula is C28H34N3+. The zero-order chi connectivity index (χ0) is 24.1. The molecule has 160 valence electrons. The van der Waals surface area contributed by atoms with Gasteiger partial charge in [-0.25, -0.2) is 4.98 Å². The van der Waals surface area contributed by atoms with Crippen LogP contribution in [0.25, 0.3) is 28.0 Å². The molecule has 0 radical (unpaired) electrons. The Balaban J connectivity index is 2.17. The number of pyridine rings is 1. The SMILES string of the molecule is [2H]C([2H])(C)c1nc2c[n+](C)c(-c3ccccc3C)cc2n1-c1c(C(C)C)cccc1C(C)C. The van der Waals surface area contributed by atoms with Crippen LogP contribution < -0.4 is 4.57 Å². The fourth-order valence-corrected chi connectivity index (χ4v) is 4.46. The second-order valence-electron chi connectivity index (χ2n) is 8.97. The molecule has 0 aliphatic heterocycles. The van der Waals surface area contributed by atoms with Crippen LogP contribution in [0.5, 0.6) is 0 Å². The maximum atomic E-state index is 8.63. The Hall–Kier alpha value is -2.94. The fourth-order valence-electron chi connectivity index (χ4n) is 4.46. The first kappa shape index (κ1) is 18.8. The molecule has 2 heterocycles. The standard InChI is InChI=1S/C28H34N3/c1-8-27-29-24-17-30(7)25(23-13-10-9-12-20(23)6)16-26(24)31(27)28-21(18(2)3)14-11-15-22(28)19(4)5/h9-19H,8H2,1-7H3/q+1/i8D2. The van der Waals surface area contributed by atoms with Crippen LogP contribution in [0.3, 0.4) is 0 Å².